The van der Waals surface area contributed by atoms with Gasteiger partial charge in [0.05, 0.1) is 5.56 Å². The molecule has 7 heteroatoms. The van der Waals surface area contributed by atoms with E-state index in [1.54, 1.807) is 30.9 Å². The molecule has 0 saturated carbocycles. The summed E-state index contributed by atoms with van der Waals surface area (Å²) < 4.78 is 0. The monoisotopic (exact) mass is 235 g/mol. The summed E-state index contributed by atoms with van der Waals surface area (Å²) in [5, 5.41) is 13.3. The Morgan fingerprint density at radius 1 is 1.50 bits per heavy atom. The molecule has 2 heterocycles. The number of hydrogen-bond acceptors (Lipinski definition) is 6. The van der Waals surface area contributed by atoms with Crippen molar-refractivity contribution in [2.24, 2.45) is 0 Å². The number of pyridine rings is 1. The zero-order chi connectivity index (χ0) is 11.4. The highest BCUT2D eigenvalue weighted by molar-refractivity contribution is 7.13. The average Bonchev–Trinajstić information content (AvgIpc) is 2.81. The molecule has 0 bridgehead atoms. The zero-order valence-corrected chi connectivity index (χ0v) is 9.28. The predicted octanol–water partition coefficient (Wildman–Crippen LogP) is 1.23. The van der Waals surface area contributed by atoms with Crippen LogP contribution in [0.5, 0.6) is 0 Å². The average molecular weight is 235 g/mol. The second kappa shape index (κ2) is 4.67. The summed E-state index contributed by atoms with van der Waals surface area (Å²) in [5.74, 6) is 0.277. The zero-order valence-electron chi connectivity index (χ0n) is 8.47. The number of nitrogens with one attached hydrogen (secondary N) is 2. The van der Waals surface area contributed by atoms with Crippen molar-refractivity contribution in [3.63, 3.8) is 0 Å². The van der Waals surface area contributed by atoms with Crippen molar-refractivity contribution in [1.82, 2.24) is 15.2 Å². The first-order chi connectivity index (χ1) is 7.81. The lowest BCUT2D eigenvalue weighted by molar-refractivity contribution is 0.102. The van der Waals surface area contributed by atoms with Gasteiger partial charge < -0.3 is 5.32 Å². The number of hydrogen-bond donors (Lipinski definition) is 2. The molecule has 1 amide bonds. The van der Waals surface area contributed by atoms with Crippen LogP contribution >= 0.6 is 11.3 Å². The molecule has 16 heavy (non-hydrogen) atoms. The predicted molar refractivity (Wildman–Crippen MR) is 61.6 cm³/mol. The molecular formula is C9H9N5OS. The summed E-state index contributed by atoms with van der Waals surface area (Å²) in [7, 11) is 1.71. The van der Waals surface area contributed by atoms with E-state index in [1.165, 1.54) is 11.3 Å². The van der Waals surface area contributed by atoms with E-state index in [4.69, 9.17) is 0 Å². The molecule has 0 spiro atoms. The molecule has 0 radical (unpaired) electrons. The van der Waals surface area contributed by atoms with Gasteiger partial charge in [0.25, 0.3) is 5.91 Å². The van der Waals surface area contributed by atoms with Crippen LogP contribution in [-0.4, -0.2) is 28.1 Å². The fourth-order valence-electron chi connectivity index (χ4n) is 1.18. The van der Waals surface area contributed by atoms with Crippen LogP contribution in [0, 0.1) is 0 Å². The Bertz CT molecular complexity index is 484. The first-order valence-corrected chi connectivity index (χ1v) is 5.39. The van der Waals surface area contributed by atoms with Crippen LogP contribution in [-0.2, 0) is 0 Å². The van der Waals surface area contributed by atoms with Gasteiger partial charge in [-0.05, 0) is 12.1 Å². The summed E-state index contributed by atoms with van der Waals surface area (Å²) in [5.41, 5.74) is 2.03. The highest BCUT2D eigenvalue weighted by atomic mass is 32.1. The molecule has 0 aliphatic carbocycles. The molecule has 6 nitrogen and oxygen atoms in total. The molecule has 0 saturated heterocycles. The third-order valence-electron chi connectivity index (χ3n) is 1.87. The Morgan fingerprint density at radius 3 is 3.06 bits per heavy atom. The van der Waals surface area contributed by atoms with E-state index in [0.717, 1.165) is 0 Å². The minimum atomic E-state index is -0.255. The van der Waals surface area contributed by atoms with Crippen molar-refractivity contribution in [3.05, 3.63) is 29.4 Å². The molecule has 0 aliphatic rings. The van der Waals surface area contributed by atoms with Crippen LogP contribution in [0.25, 0.3) is 0 Å². The molecule has 0 unspecified atom stereocenters. The number of carbonyl (C=O) groups is 1. The van der Waals surface area contributed by atoms with E-state index in [2.05, 4.69) is 25.8 Å². The molecule has 2 N–H and O–H groups in total. The van der Waals surface area contributed by atoms with Gasteiger partial charge in [0.15, 0.2) is 0 Å². The number of amides is 1. The molecule has 0 fully saturated rings. The highest BCUT2D eigenvalue weighted by Crippen LogP contribution is 2.14. The van der Waals surface area contributed by atoms with Gasteiger partial charge in [-0.3, -0.25) is 10.1 Å². The lowest BCUT2D eigenvalue weighted by Gasteiger charge is -2.06. The number of nitrogens with zero attached hydrogens (tertiary/aromatic N) is 3. The smallest absolute Gasteiger partial charge is 0.261 e. The summed E-state index contributed by atoms with van der Waals surface area (Å²) >= 11 is 1.26. The van der Waals surface area contributed by atoms with Crippen molar-refractivity contribution in [1.29, 1.82) is 0 Å². The van der Waals surface area contributed by atoms with Crippen LogP contribution in [0.3, 0.4) is 0 Å². The molecule has 0 aromatic carbocycles. The molecule has 2 rings (SSSR count). The van der Waals surface area contributed by atoms with Crippen molar-refractivity contribution in [2.45, 2.75) is 0 Å². The molecule has 2 aromatic rings. The summed E-state index contributed by atoms with van der Waals surface area (Å²) in [4.78, 5) is 15.9. The number of aromatic nitrogens is 3. The number of anilines is 2. The number of rotatable bonds is 3. The Hall–Kier alpha value is -2.02. The van der Waals surface area contributed by atoms with Gasteiger partial charge in [0.2, 0.25) is 5.13 Å². The third kappa shape index (κ3) is 2.14. The van der Waals surface area contributed by atoms with Crippen molar-refractivity contribution in [2.75, 3.05) is 17.7 Å². The van der Waals surface area contributed by atoms with Gasteiger partial charge >= 0.3 is 0 Å². The van der Waals surface area contributed by atoms with Gasteiger partial charge in [-0.2, -0.15) is 0 Å². The second-order valence-corrected chi connectivity index (χ2v) is 3.68. The van der Waals surface area contributed by atoms with Crippen molar-refractivity contribution < 1.29 is 4.79 Å². The first kappa shape index (κ1) is 10.5. The molecule has 0 aliphatic heterocycles. The Balaban J connectivity index is 2.21. The van der Waals surface area contributed by atoms with Crippen LogP contribution in [0.1, 0.15) is 10.4 Å². The van der Waals surface area contributed by atoms with Gasteiger partial charge in [-0.1, -0.05) is 11.3 Å². The summed E-state index contributed by atoms with van der Waals surface area (Å²) in [6.45, 7) is 0. The van der Waals surface area contributed by atoms with Crippen LogP contribution < -0.4 is 10.6 Å². The van der Waals surface area contributed by atoms with E-state index in [0.29, 0.717) is 16.5 Å². The molecule has 82 valence electrons. The normalized spacial score (nSPS) is 9.81. The van der Waals surface area contributed by atoms with Crippen molar-refractivity contribution in [3.8, 4) is 0 Å². The topological polar surface area (TPSA) is 79.8 Å². The molecular weight excluding hydrogens is 226 g/mol. The fraction of sp³-hybridized carbons (Fsp3) is 0.111. The lowest BCUT2D eigenvalue weighted by Crippen LogP contribution is -2.14. The second-order valence-electron chi connectivity index (χ2n) is 2.85. The fourth-order valence-corrected chi connectivity index (χ4v) is 1.62. The summed E-state index contributed by atoms with van der Waals surface area (Å²) in [6, 6.07) is 3.39. The van der Waals surface area contributed by atoms with Gasteiger partial charge in [-0.25, -0.2) is 4.98 Å². The van der Waals surface area contributed by atoms with Gasteiger partial charge in [0, 0.05) is 13.2 Å². The highest BCUT2D eigenvalue weighted by Gasteiger charge is 2.12. The first-order valence-electron chi connectivity index (χ1n) is 4.51. The van der Waals surface area contributed by atoms with Crippen LogP contribution in [0.4, 0.5) is 10.9 Å². The third-order valence-corrected chi connectivity index (χ3v) is 2.48. The van der Waals surface area contributed by atoms with E-state index in [1.807, 2.05) is 0 Å². The van der Waals surface area contributed by atoms with Crippen LogP contribution in [0.15, 0.2) is 23.8 Å². The minimum Gasteiger partial charge on any atom is -0.372 e. The van der Waals surface area contributed by atoms with Gasteiger partial charge in [0.1, 0.15) is 11.3 Å². The maximum absolute atomic E-state index is 11.8. The van der Waals surface area contributed by atoms with Crippen LogP contribution in [0.2, 0.25) is 0 Å². The maximum Gasteiger partial charge on any atom is 0.261 e. The van der Waals surface area contributed by atoms with E-state index in [-0.39, 0.29) is 5.91 Å². The SMILES string of the molecule is CNc1ncccc1C(=O)Nc1nncs1. The van der Waals surface area contributed by atoms with E-state index < -0.39 is 0 Å². The molecule has 2 aromatic heterocycles. The Morgan fingerprint density at radius 2 is 2.38 bits per heavy atom. The number of carbonyl (C=O) groups excluding carboxylic acids is 1. The lowest BCUT2D eigenvalue weighted by atomic mass is 10.2. The minimum absolute atomic E-state index is 0.255. The standard InChI is InChI=1S/C9H9N5OS/c1-10-7-6(3-2-4-11-7)8(15)13-9-14-12-5-16-9/h2-5H,1H3,(H,10,11)(H,13,14,15). The largest absolute Gasteiger partial charge is 0.372 e. The maximum atomic E-state index is 11.8. The van der Waals surface area contributed by atoms with E-state index >= 15 is 0 Å². The summed E-state index contributed by atoms with van der Waals surface area (Å²) in [6.07, 6.45) is 1.62. The van der Waals surface area contributed by atoms with E-state index in [9.17, 15) is 4.79 Å². The quantitative estimate of drug-likeness (QED) is 0.836. The Kier molecular flexibility index (Phi) is 3.06. The molecule has 0 atom stereocenters. The Labute approximate surface area is 95.7 Å². The van der Waals surface area contributed by atoms with Crippen molar-refractivity contribution >= 4 is 28.2 Å². The van der Waals surface area contributed by atoms with Gasteiger partial charge in [-0.15, -0.1) is 10.2 Å².